The molecule has 2 aromatic rings. The van der Waals surface area contributed by atoms with E-state index in [1.54, 1.807) is 25.2 Å². The van der Waals surface area contributed by atoms with Crippen molar-refractivity contribution in [1.29, 1.82) is 5.41 Å². The van der Waals surface area contributed by atoms with Gasteiger partial charge < -0.3 is 5.32 Å². The molecule has 3 rings (SSSR count). The molecule has 1 aliphatic heterocycles. The fourth-order valence-corrected chi connectivity index (χ4v) is 3.68. The molecule has 3 N–H and O–H groups in total. The van der Waals surface area contributed by atoms with Crippen LogP contribution in [0.5, 0.6) is 0 Å². The monoisotopic (exact) mass is 386 g/mol. The lowest BCUT2D eigenvalue weighted by Crippen LogP contribution is -2.58. The molecule has 0 unspecified atom stereocenters. The van der Waals surface area contributed by atoms with Gasteiger partial charge in [-0.05, 0) is 41.8 Å². The number of nitrogens with one attached hydrogen (secondary N) is 3. The van der Waals surface area contributed by atoms with Gasteiger partial charge in [-0.2, -0.15) is 0 Å². The summed E-state index contributed by atoms with van der Waals surface area (Å²) in [4.78, 5) is 13.5. The quantitative estimate of drug-likeness (QED) is 0.750. The maximum absolute atomic E-state index is 12.2. The van der Waals surface area contributed by atoms with Crippen LogP contribution < -0.4 is 10.0 Å². The van der Waals surface area contributed by atoms with E-state index in [1.807, 2.05) is 37.3 Å². The van der Waals surface area contributed by atoms with Crippen molar-refractivity contribution in [3.05, 3.63) is 54.1 Å². The molecule has 0 saturated carbocycles. The highest BCUT2D eigenvalue weighted by Gasteiger charge is 2.37. The molecule has 1 atom stereocenters. The summed E-state index contributed by atoms with van der Waals surface area (Å²) >= 11 is 0. The number of rotatable bonds is 4. The maximum atomic E-state index is 12.2. The van der Waals surface area contributed by atoms with E-state index in [-0.39, 0.29) is 18.3 Å². The van der Waals surface area contributed by atoms with Crippen LogP contribution >= 0.6 is 0 Å². The van der Waals surface area contributed by atoms with Crippen LogP contribution in [0.1, 0.15) is 18.9 Å². The van der Waals surface area contributed by atoms with Crippen LogP contribution in [0, 0.1) is 5.41 Å². The zero-order valence-electron chi connectivity index (χ0n) is 15.4. The largest absolute Gasteiger partial charge is 0.346 e. The summed E-state index contributed by atoms with van der Waals surface area (Å²) in [5, 5.41) is 11.1. The minimum Gasteiger partial charge on any atom is -0.346 e. The molecule has 0 radical (unpaired) electrons. The summed E-state index contributed by atoms with van der Waals surface area (Å²) in [6.07, 6.45) is 1.35. The van der Waals surface area contributed by atoms with Gasteiger partial charge in [0.1, 0.15) is 0 Å². The summed E-state index contributed by atoms with van der Waals surface area (Å²) in [7, 11) is -1.78. The van der Waals surface area contributed by atoms with E-state index in [9.17, 15) is 13.2 Å². The van der Waals surface area contributed by atoms with Gasteiger partial charge >= 0.3 is 0 Å². The van der Waals surface area contributed by atoms with Gasteiger partial charge in [0.2, 0.25) is 15.9 Å². The summed E-state index contributed by atoms with van der Waals surface area (Å²) in [6, 6.07) is 14.8. The third-order valence-electron chi connectivity index (χ3n) is 4.61. The predicted molar refractivity (Wildman–Crippen MR) is 106 cm³/mol. The first kappa shape index (κ1) is 18.9. The van der Waals surface area contributed by atoms with Crippen LogP contribution in [0.4, 0.5) is 5.69 Å². The molecule has 1 amide bonds. The number of sulfonamides is 1. The molecule has 142 valence electrons. The Morgan fingerprint density at radius 2 is 1.78 bits per heavy atom. The molecule has 1 fully saturated rings. The summed E-state index contributed by atoms with van der Waals surface area (Å²) in [6.45, 7) is 1.90. The van der Waals surface area contributed by atoms with E-state index >= 15 is 0 Å². The van der Waals surface area contributed by atoms with Crippen molar-refractivity contribution < 1.29 is 13.2 Å². The number of anilines is 1. The maximum Gasteiger partial charge on any atom is 0.231 e. The molecule has 0 aliphatic carbocycles. The minimum atomic E-state index is -3.35. The van der Waals surface area contributed by atoms with Crippen molar-refractivity contribution in [3.63, 3.8) is 0 Å². The number of hydrogen-bond donors (Lipinski definition) is 3. The Hall–Kier alpha value is -2.87. The molecule has 1 aliphatic rings. The molecule has 0 spiro atoms. The number of guanidine groups is 1. The van der Waals surface area contributed by atoms with Crippen LogP contribution in [-0.2, 0) is 20.4 Å². The van der Waals surface area contributed by atoms with Crippen LogP contribution in [0.3, 0.4) is 0 Å². The Morgan fingerprint density at radius 3 is 2.41 bits per heavy atom. The third-order valence-corrected chi connectivity index (χ3v) is 5.21. The van der Waals surface area contributed by atoms with Crippen LogP contribution in [-0.4, -0.2) is 38.5 Å². The van der Waals surface area contributed by atoms with E-state index in [0.29, 0.717) is 5.69 Å². The smallest absolute Gasteiger partial charge is 0.231 e. The van der Waals surface area contributed by atoms with Gasteiger partial charge in [0.15, 0.2) is 5.96 Å². The Balaban J connectivity index is 1.96. The summed E-state index contributed by atoms with van der Waals surface area (Å²) in [5.41, 5.74) is 2.43. The van der Waals surface area contributed by atoms with Crippen molar-refractivity contribution in [2.45, 2.75) is 18.9 Å². The topological polar surface area (TPSA) is 102 Å². The first-order valence-electron chi connectivity index (χ1n) is 8.39. The number of carbonyl (C=O) groups excluding carboxylic acids is 1. The molecule has 0 aromatic heterocycles. The Labute approximate surface area is 159 Å². The number of carbonyl (C=O) groups is 1. The number of benzene rings is 2. The van der Waals surface area contributed by atoms with E-state index in [1.165, 1.54) is 4.90 Å². The Kier molecular flexibility index (Phi) is 4.69. The normalized spacial score (nSPS) is 20.3. The molecule has 7 nitrogen and oxygen atoms in total. The van der Waals surface area contributed by atoms with Crippen molar-refractivity contribution in [1.82, 2.24) is 10.2 Å². The van der Waals surface area contributed by atoms with Gasteiger partial charge in [0, 0.05) is 12.7 Å². The highest BCUT2D eigenvalue weighted by Crippen LogP contribution is 2.32. The average molecular weight is 386 g/mol. The van der Waals surface area contributed by atoms with Crippen molar-refractivity contribution in [2.24, 2.45) is 0 Å². The van der Waals surface area contributed by atoms with Crippen molar-refractivity contribution >= 4 is 27.6 Å². The SMILES string of the molecule is CN1C(=N)N[C@](C)(c2cccc(-c3cccc(NS(C)(=O)=O)c3)c2)CC1=O. The Bertz CT molecular complexity index is 999. The molecular formula is C19H22N4O3S. The van der Waals surface area contributed by atoms with Gasteiger partial charge in [0.05, 0.1) is 18.2 Å². The van der Waals surface area contributed by atoms with E-state index in [2.05, 4.69) is 10.0 Å². The molecular weight excluding hydrogens is 364 g/mol. The van der Waals surface area contributed by atoms with E-state index in [4.69, 9.17) is 5.41 Å². The molecule has 27 heavy (non-hydrogen) atoms. The fourth-order valence-electron chi connectivity index (χ4n) is 3.13. The van der Waals surface area contributed by atoms with Crippen LogP contribution in [0.2, 0.25) is 0 Å². The zero-order valence-corrected chi connectivity index (χ0v) is 16.2. The van der Waals surface area contributed by atoms with Crippen LogP contribution in [0.15, 0.2) is 48.5 Å². The molecule has 8 heteroatoms. The van der Waals surface area contributed by atoms with Gasteiger partial charge in [-0.15, -0.1) is 0 Å². The standard InChI is InChI=1S/C19H22N4O3S/c1-19(12-17(24)23(2)18(20)21-19)15-8-4-6-13(10-15)14-7-5-9-16(11-14)22-27(3,25)26/h4-11,22H,12H2,1-3H3,(H2,20,21)/t19-/m0/s1. The predicted octanol–water partition coefficient (Wildman–Crippen LogP) is 2.33. The van der Waals surface area contributed by atoms with Gasteiger partial charge in [-0.3, -0.25) is 19.8 Å². The lowest BCUT2D eigenvalue weighted by Gasteiger charge is -2.39. The van der Waals surface area contributed by atoms with Gasteiger partial charge in [0.25, 0.3) is 0 Å². The lowest BCUT2D eigenvalue weighted by molar-refractivity contribution is -0.129. The number of amides is 1. The second kappa shape index (κ2) is 6.70. The van der Waals surface area contributed by atoms with Gasteiger partial charge in [-0.25, -0.2) is 8.42 Å². The molecule has 1 saturated heterocycles. The van der Waals surface area contributed by atoms with Crippen molar-refractivity contribution in [3.8, 4) is 11.1 Å². The summed E-state index contributed by atoms with van der Waals surface area (Å²) in [5.74, 6) is -0.0514. The molecule has 1 heterocycles. The number of nitrogens with zero attached hydrogens (tertiary/aromatic N) is 1. The first-order valence-corrected chi connectivity index (χ1v) is 10.3. The highest BCUT2D eigenvalue weighted by atomic mass is 32.2. The second-order valence-corrected chi connectivity index (χ2v) is 8.72. The average Bonchev–Trinajstić information content (AvgIpc) is 2.58. The fraction of sp³-hybridized carbons (Fsp3) is 0.263. The highest BCUT2D eigenvalue weighted by molar-refractivity contribution is 7.92. The van der Waals surface area contributed by atoms with Gasteiger partial charge in [-0.1, -0.05) is 30.3 Å². The second-order valence-electron chi connectivity index (χ2n) is 6.97. The summed E-state index contributed by atoms with van der Waals surface area (Å²) < 4.78 is 25.4. The zero-order chi connectivity index (χ0) is 19.8. The van der Waals surface area contributed by atoms with Crippen LogP contribution in [0.25, 0.3) is 11.1 Å². The van der Waals surface area contributed by atoms with Crippen molar-refractivity contribution in [2.75, 3.05) is 18.0 Å². The lowest BCUT2D eigenvalue weighted by atomic mass is 9.85. The van der Waals surface area contributed by atoms with E-state index < -0.39 is 15.6 Å². The first-order chi connectivity index (χ1) is 12.6. The third kappa shape index (κ3) is 4.11. The number of hydrogen-bond acceptors (Lipinski definition) is 4. The molecule has 2 aromatic carbocycles. The Morgan fingerprint density at radius 1 is 1.15 bits per heavy atom. The minimum absolute atomic E-state index is 0.0681. The molecule has 0 bridgehead atoms. The van der Waals surface area contributed by atoms with E-state index in [0.717, 1.165) is 22.9 Å².